The third kappa shape index (κ3) is 1.32. The molecule has 1 aromatic heterocycles. The highest BCUT2D eigenvalue weighted by Crippen LogP contribution is 2.21. The van der Waals surface area contributed by atoms with Gasteiger partial charge < -0.3 is 0 Å². The summed E-state index contributed by atoms with van der Waals surface area (Å²) in [6.45, 7) is 0. The highest BCUT2D eigenvalue weighted by molar-refractivity contribution is 7.16. The van der Waals surface area contributed by atoms with Crippen LogP contribution in [-0.2, 0) is 6.42 Å². The minimum atomic E-state index is 0.663. The number of benzene rings is 1. The topological polar surface area (TPSA) is 12.9 Å². The van der Waals surface area contributed by atoms with Crippen LogP contribution in [0.1, 0.15) is 5.56 Å². The molecular weight excluding hydrogens is 190 g/mol. The van der Waals surface area contributed by atoms with Crippen LogP contribution >= 0.6 is 22.9 Å². The fraction of sp³-hybridized carbons (Fsp3) is 0.222. The van der Waals surface area contributed by atoms with Crippen LogP contribution < -0.4 is 0 Å². The van der Waals surface area contributed by atoms with Crippen LogP contribution in [0.15, 0.2) is 23.7 Å². The van der Waals surface area contributed by atoms with Gasteiger partial charge in [0.2, 0.25) is 0 Å². The molecule has 0 spiro atoms. The van der Waals surface area contributed by atoms with Crippen molar-refractivity contribution >= 4 is 33.2 Å². The summed E-state index contributed by atoms with van der Waals surface area (Å²) in [5, 5.41) is 0. The molecule has 1 aromatic carbocycles. The molecule has 0 saturated heterocycles. The lowest BCUT2D eigenvalue weighted by Crippen LogP contribution is -1.86. The Bertz CT molecular complexity index is 383. The highest BCUT2D eigenvalue weighted by Gasteiger charge is 2.01. The molecule has 0 fully saturated rings. The maximum Gasteiger partial charge on any atom is 0.0844 e. The summed E-state index contributed by atoms with van der Waals surface area (Å²) in [5.74, 6) is 0.663. The number of nitrogens with zero attached hydrogens (tertiary/aromatic N) is 1. The van der Waals surface area contributed by atoms with Gasteiger partial charge in [-0.25, -0.2) is 4.98 Å². The molecule has 0 atom stereocenters. The first-order chi connectivity index (χ1) is 5.92. The molecule has 0 unspecified atom stereocenters. The summed E-state index contributed by atoms with van der Waals surface area (Å²) in [6.07, 6.45) is 0.905. The lowest BCUT2D eigenvalue weighted by molar-refractivity contribution is 1.16. The summed E-state index contributed by atoms with van der Waals surface area (Å²) < 4.78 is 1.25. The number of halogens is 1. The van der Waals surface area contributed by atoms with E-state index < -0.39 is 0 Å². The van der Waals surface area contributed by atoms with Crippen molar-refractivity contribution in [1.82, 2.24) is 4.98 Å². The van der Waals surface area contributed by atoms with Crippen LogP contribution in [0.25, 0.3) is 10.2 Å². The van der Waals surface area contributed by atoms with E-state index in [2.05, 4.69) is 23.2 Å². The van der Waals surface area contributed by atoms with Gasteiger partial charge in [0.05, 0.1) is 15.7 Å². The van der Waals surface area contributed by atoms with Gasteiger partial charge in [0.15, 0.2) is 0 Å². The number of aryl methyl sites for hydroxylation is 1. The molecule has 2 aromatic rings. The molecule has 0 radical (unpaired) electrons. The fourth-order valence-corrected chi connectivity index (χ4v) is 2.18. The minimum Gasteiger partial charge on any atom is -0.244 e. The van der Waals surface area contributed by atoms with Gasteiger partial charge in [-0.3, -0.25) is 0 Å². The Morgan fingerprint density at radius 3 is 3.17 bits per heavy atom. The summed E-state index contributed by atoms with van der Waals surface area (Å²) in [7, 11) is 0. The average molecular weight is 198 g/mol. The lowest BCUT2D eigenvalue weighted by Gasteiger charge is -1.97. The van der Waals surface area contributed by atoms with Gasteiger partial charge in [-0.1, -0.05) is 12.1 Å². The molecule has 0 N–H and O–H groups in total. The van der Waals surface area contributed by atoms with E-state index in [4.69, 9.17) is 11.6 Å². The molecule has 1 nitrogen and oxygen atoms in total. The summed E-state index contributed by atoms with van der Waals surface area (Å²) in [5.41, 5.74) is 4.24. The van der Waals surface area contributed by atoms with Gasteiger partial charge in [-0.2, -0.15) is 0 Å². The van der Waals surface area contributed by atoms with Gasteiger partial charge in [0, 0.05) is 5.88 Å². The summed E-state index contributed by atoms with van der Waals surface area (Å²) in [6, 6.07) is 6.23. The summed E-state index contributed by atoms with van der Waals surface area (Å²) in [4.78, 5) is 4.30. The quantitative estimate of drug-likeness (QED) is 0.675. The molecule has 2 rings (SSSR count). The number of thiazole rings is 1. The Morgan fingerprint density at radius 2 is 2.33 bits per heavy atom. The summed E-state index contributed by atoms with van der Waals surface area (Å²) >= 11 is 7.35. The van der Waals surface area contributed by atoms with E-state index >= 15 is 0 Å². The molecule has 0 amide bonds. The fourth-order valence-electron chi connectivity index (χ4n) is 1.25. The predicted molar refractivity (Wildman–Crippen MR) is 54.0 cm³/mol. The van der Waals surface area contributed by atoms with Crippen LogP contribution in [0, 0.1) is 0 Å². The molecule has 62 valence electrons. The monoisotopic (exact) mass is 197 g/mol. The average Bonchev–Trinajstić information content (AvgIpc) is 2.53. The Labute approximate surface area is 80.0 Å². The van der Waals surface area contributed by atoms with Crippen LogP contribution in [0.2, 0.25) is 0 Å². The van der Waals surface area contributed by atoms with Gasteiger partial charge in [0.25, 0.3) is 0 Å². The van der Waals surface area contributed by atoms with Crippen LogP contribution in [0.3, 0.4) is 0 Å². The van der Waals surface area contributed by atoms with E-state index in [1.807, 2.05) is 5.51 Å². The first-order valence-corrected chi connectivity index (χ1v) is 5.20. The second-order valence-corrected chi connectivity index (χ2v) is 3.82. The normalized spacial score (nSPS) is 10.8. The standard InChI is InChI=1S/C9H8ClNS/c10-5-4-7-2-1-3-8-9(7)11-6-12-8/h1-3,6H,4-5H2. The second-order valence-electron chi connectivity index (χ2n) is 2.56. The number of alkyl halides is 1. The molecule has 0 aliphatic rings. The van der Waals surface area contributed by atoms with Crippen molar-refractivity contribution in [1.29, 1.82) is 0 Å². The van der Waals surface area contributed by atoms with Crippen molar-refractivity contribution in [2.45, 2.75) is 6.42 Å². The lowest BCUT2D eigenvalue weighted by atomic mass is 10.1. The third-order valence-corrected chi connectivity index (χ3v) is 2.79. The minimum absolute atomic E-state index is 0.663. The Balaban J connectivity index is 2.57. The zero-order valence-corrected chi connectivity index (χ0v) is 8.03. The van der Waals surface area contributed by atoms with E-state index in [1.54, 1.807) is 11.3 Å². The number of para-hydroxylation sites is 1. The molecule has 0 aliphatic carbocycles. The van der Waals surface area contributed by atoms with Crippen molar-refractivity contribution in [2.24, 2.45) is 0 Å². The Morgan fingerprint density at radius 1 is 1.42 bits per heavy atom. The molecule has 0 aliphatic heterocycles. The van der Waals surface area contributed by atoms with Crippen molar-refractivity contribution in [2.75, 3.05) is 5.88 Å². The maximum absolute atomic E-state index is 5.68. The van der Waals surface area contributed by atoms with Gasteiger partial charge in [-0.05, 0) is 18.1 Å². The zero-order chi connectivity index (χ0) is 8.39. The van der Waals surface area contributed by atoms with Crippen molar-refractivity contribution < 1.29 is 0 Å². The molecule has 1 heterocycles. The van der Waals surface area contributed by atoms with Gasteiger partial charge >= 0.3 is 0 Å². The largest absolute Gasteiger partial charge is 0.244 e. The number of fused-ring (bicyclic) bond motifs is 1. The van der Waals surface area contributed by atoms with Crippen molar-refractivity contribution in [3.8, 4) is 0 Å². The molecule has 0 saturated carbocycles. The molecular formula is C9H8ClNS. The van der Waals surface area contributed by atoms with E-state index in [-0.39, 0.29) is 0 Å². The van der Waals surface area contributed by atoms with Crippen LogP contribution in [-0.4, -0.2) is 10.9 Å². The van der Waals surface area contributed by atoms with Crippen molar-refractivity contribution in [3.05, 3.63) is 29.3 Å². The van der Waals surface area contributed by atoms with Gasteiger partial charge in [0.1, 0.15) is 0 Å². The predicted octanol–water partition coefficient (Wildman–Crippen LogP) is 3.08. The molecule has 12 heavy (non-hydrogen) atoms. The second kappa shape index (κ2) is 3.42. The number of aromatic nitrogens is 1. The van der Waals surface area contributed by atoms with Crippen molar-refractivity contribution in [3.63, 3.8) is 0 Å². The van der Waals surface area contributed by atoms with Gasteiger partial charge in [-0.15, -0.1) is 22.9 Å². The Hall–Kier alpha value is -0.600. The van der Waals surface area contributed by atoms with Crippen LogP contribution in [0.5, 0.6) is 0 Å². The maximum atomic E-state index is 5.68. The molecule has 3 heteroatoms. The third-order valence-electron chi connectivity index (χ3n) is 1.81. The highest BCUT2D eigenvalue weighted by atomic mass is 35.5. The number of hydrogen-bond acceptors (Lipinski definition) is 2. The first kappa shape index (κ1) is 8.02. The van der Waals surface area contributed by atoms with E-state index in [0.29, 0.717) is 5.88 Å². The Kier molecular flexibility index (Phi) is 2.28. The van der Waals surface area contributed by atoms with E-state index in [1.165, 1.54) is 10.3 Å². The smallest absolute Gasteiger partial charge is 0.0844 e. The molecule has 0 bridgehead atoms. The van der Waals surface area contributed by atoms with Crippen LogP contribution in [0.4, 0.5) is 0 Å². The first-order valence-electron chi connectivity index (χ1n) is 3.79. The number of rotatable bonds is 2. The zero-order valence-electron chi connectivity index (χ0n) is 6.46. The van der Waals surface area contributed by atoms with E-state index in [9.17, 15) is 0 Å². The van der Waals surface area contributed by atoms with E-state index in [0.717, 1.165) is 11.9 Å². The SMILES string of the molecule is ClCCc1cccc2scnc12. The number of hydrogen-bond donors (Lipinski definition) is 0.